The third kappa shape index (κ3) is 3.46. The van der Waals surface area contributed by atoms with Crippen LogP contribution in [0.4, 0.5) is 10.1 Å². The van der Waals surface area contributed by atoms with E-state index < -0.39 is 5.82 Å². The van der Waals surface area contributed by atoms with Gasteiger partial charge in [0, 0.05) is 16.6 Å². The van der Waals surface area contributed by atoms with Gasteiger partial charge in [-0.2, -0.15) is 0 Å². The molecule has 0 aliphatic heterocycles. The Hall–Kier alpha value is -2.53. The number of ketones is 1. The van der Waals surface area contributed by atoms with Crippen LogP contribution in [0.2, 0.25) is 0 Å². The molecule has 2 aromatic carbocycles. The molecule has 23 heavy (non-hydrogen) atoms. The normalized spacial score (nSPS) is 10.5. The quantitative estimate of drug-likeness (QED) is 0.687. The van der Waals surface area contributed by atoms with Crippen LogP contribution >= 0.6 is 11.3 Å². The van der Waals surface area contributed by atoms with Gasteiger partial charge in [0.1, 0.15) is 10.8 Å². The van der Waals surface area contributed by atoms with E-state index in [4.69, 9.17) is 0 Å². The largest absolute Gasteiger partial charge is 0.379 e. The van der Waals surface area contributed by atoms with Crippen molar-refractivity contribution in [1.29, 1.82) is 0 Å². The molecule has 3 rings (SSSR count). The molecule has 5 heteroatoms. The topological polar surface area (TPSA) is 42.0 Å². The standard InChI is InChI=1S/C18H15FN2OS/c1-12(22)17-15(19)8-5-9-16(17)20-10-14-11-23-18(21-14)13-6-3-2-4-7-13/h2-9,11,20H,10H2,1H3. The summed E-state index contributed by atoms with van der Waals surface area (Å²) in [6.07, 6.45) is 0. The zero-order chi connectivity index (χ0) is 16.2. The molecule has 0 saturated carbocycles. The van der Waals surface area contributed by atoms with Crippen LogP contribution in [-0.2, 0) is 6.54 Å². The maximum absolute atomic E-state index is 13.8. The number of hydrogen-bond donors (Lipinski definition) is 1. The Labute approximate surface area is 137 Å². The zero-order valence-corrected chi connectivity index (χ0v) is 13.4. The Bertz CT molecular complexity index is 830. The highest BCUT2D eigenvalue weighted by Gasteiger charge is 2.13. The summed E-state index contributed by atoms with van der Waals surface area (Å²) in [6.45, 7) is 1.80. The van der Waals surface area contributed by atoms with Crippen LogP contribution in [0.3, 0.4) is 0 Å². The van der Waals surface area contributed by atoms with E-state index in [-0.39, 0.29) is 11.3 Å². The molecule has 0 bridgehead atoms. The van der Waals surface area contributed by atoms with Gasteiger partial charge in [-0.3, -0.25) is 4.79 Å². The van der Waals surface area contributed by atoms with Crippen molar-refractivity contribution in [1.82, 2.24) is 4.98 Å². The fraction of sp³-hybridized carbons (Fsp3) is 0.111. The predicted molar refractivity (Wildman–Crippen MR) is 91.3 cm³/mol. The summed E-state index contributed by atoms with van der Waals surface area (Å²) >= 11 is 1.56. The molecule has 116 valence electrons. The number of rotatable bonds is 5. The van der Waals surface area contributed by atoms with Crippen molar-refractivity contribution in [2.24, 2.45) is 0 Å². The van der Waals surface area contributed by atoms with Crippen molar-refractivity contribution < 1.29 is 9.18 Å². The summed E-state index contributed by atoms with van der Waals surface area (Å²) < 4.78 is 13.8. The zero-order valence-electron chi connectivity index (χ0n) is 12.5. The van der Waals surface area contributed by atoms with Gasteiger partial charge in [0.25, 0.3) is 0 Å². The lowest BCUT2D eigenvalue weighted by atomic mass is 10.1. The van der Waals surface area contributed by atoms with Crippen molar-refractivity contribution in [3.05, 3.63) is 71.0 Å². The maximum Gasteiger partial charge on any atom is 0.164 e. The van der Waals surface area contributed by atoms with Crippen molar-refractivity contribution in [3.63, 3.8) is 0 Å². The predicted octanol–water partition coefficient (Wildman–Crippen LogP) is 4.76. The summed E-state index contributed by atoms with van der Waals surface area (Å²) in [5.74, 6) is -0.806. The molecule has 0 fully saturated rings. The van der Waals surface area contributed by atoms with Gasteiger partial charge in [0.15, 0.2) is 5.78 Å². The Kier molecular flexibility index (Phi) is 4.48. The van der Waals surface area contributed by atoms with E-state index in [0.717, 1.165) is 16.3 Å². The van der Waals surface area contributed by atoms with Gasteiger partial charge in [0.2, 0.25) is 0 Å². The number of Topliss-reactive ketones (excluding diaryl/α,β-unsaturated/α-hetero) is 1. The minimum atomic E-state index is -0.509. The molecule has 3 nitrogen and oxygen atoms in total. The van der Waals surface area contributed by atoms with Crippen molar-refractivity contribution in [3.8, 4) is 10.6 Å². The summed E-state index contributed by atoms with van der Waals surface area (Å²) in [6, 6.07) is 14.5. The van der Waals surface area contributed by atoms with E-state index >= 15 is 0 Å². The van der Waals surface area contributed by atoms with Gasteiger partial charge >= 0.3 is 0 Å². The van der Waals surface area contributed by atoms with E-state index in [0.29, 0.717) is 12.2 Å². The van der Waals surface area contributed by atoms with Crippen LogP contribution in [-0.4, -0.2) is 10.8 Å². The van der Waals surface area contributed by atoms with Crippen LogP contribution in [0.1, 0.15) is 23.0 Å². The average Bonchev–Trinajstić information content (AvgIpc) is 3.02. The van der Waals surface area contributed by atoms with Gasteiger partial charge in [-0.15, -0.1) is 11.3 Å². The number of nitrogens with one attached hydrogen (secondary N) is 1. The number of carbonyl (C=O) groups excluding carboxylic acids is 1. The van der Waals surface area contributed by atoms with Gasteiger partial charge in [-0.05, 0) is 19.1 Å². The number of aromatic nitrogens is 1. The fourth-order valence-electron chi connectivity index (χ4n) is 2.32. The Balaban J connectivity index is 1.76. The van der Waals surface area contributed by atoms with Crippen LogP contribution in [0.5, 0.6) is 0 Å². The van der Waals surface area contributed by atoms with Crippen LogP contribution in [0, 0.1) is 5.82 Å². The molecule has 1 N–H and O–H groups in total. The van der Waals surface area contributed by atoms with Gasteiger partial charge in [0.05, 0.1) is 17.8 Å². The lowest BCUT2D eigenvalue weighted by Crippen LogP contribution is -2.07. The van der Waals surface area contributed by atoms with Gasteiger partial charge in [-0.1, -0.05) is 36.4 Å². The first-order valence-corrected chi connectivity index (χ1v) is 8.06. The number of carbonyl (C=O) groups is 1. The molecule has 0 saturated heterocycles. The highest BCUT2D eigenvalue weighted by Crippen LogP contribution is 2.25. The third-order valence-electron chi connectivity index (χ3n) is 3.40. The number of hydrogen-bond acceptors (Lipinski definition) is 4. The second-order valence-electron chi connectivity index (χ2n) is 5.08. The first-order chi connectivity index (χ1) is 11.1. The van der Waals surface area contributed by atoms with Crippen LogP contribution < -0.4 is 5.32 Å². The second-order valence-corrected chi connectivity index (χ2v) is 5.94. The van der Waals surface area contributed by atoms with E-state index in [9.17, 15) is 9.18 Å². The van der Waals surface area contributed by atoms with E-state index in [1.807, 2.05) is 35.7 Å². The highest BCUT2D eigenvalue weighted by molar-refractivity contribution is 7.13. The minimum absolute atomic E-state index is 0.0889. The van der Waals surface area contributed by atoms with Gasteiger partial charge < -0.3 is 5.32 Å². The van der Waals surface area contributed by atoms with Crippen molar-refractivity contribution in [2.75, 3.05) is 5.32 Å². The van der Waals surface area contributed by atoms with E-state index in [1.165, 1.54) is 13.0 Å². The minimum Gasteiger partial charge on any atom is -0.379 e. The molecule has 0 radical (unpaired) electrons. The number of nitrogens with zero attached hydrogens (tertiary/aromatic N) is 1. The molecular formula is C18H15FN2OS. The van der Waals surface area contributed by atoms with Crippen LogP contribution in [0.25, 0.3) is 10.6 Å². The molecule has 0 spiro atoms. The van der Waals surface area contributed by atoms with Gasteiger partial charge in [-0.25, -0.2) is 9.37 Å². The van der Waals surface area contributed by atoms with E-state index in [1.54, 1.807) is 23.5 Å². The smallest absolute Gasteiger partial charge is 0.164 e. The Morgan fingerprint density at radius 1 is 1.17 bits per heavy atom. The number of benzene rings is 2. The lowest BCUT2D eigenvalue weighted by molar-refractivity contribution is 0.101. The van der Waals surface area contributed by atoms with Crippen molar-refractivity contribution in [2.45, 2.75) is 13.5 Å². The molecule has 0 unspecified atom stereocenters. The summed E-state index contributed by atoms with van der Waals surface area (Å²) in [7, 11) is 0. The average molecular weight is 326 g/mol. The summed E-state index contributed by atoms with van der Waals surface area (Å²) in [5, 5.41) is 6.00. The summed E-state index contributed by atoms with van der Waals surface area (Å²) in [4.78, 5) is 16.2. The number of halogens is 1. The first-order valence-electron chi connectivity index (χ1n) is 7.18. The lowest BCUT2D eigenvalue weighted by Gasteiger charge is -2.09. The number of anilines is 1. The molecule has 1 aromatic heterocycles. The molecule has 0 atom stereocenters. The molecular weight excluding hydrogens is 311 g/mol. The number of thiazole rings is 1. The van der Waals surface area contributed by atoms with Crippen LogP contribution in [0.15, 0.2) is 53.9 Å². The third-order valence-corrected chi connectivity index (χ3v) is 4.34. The first kappa shape index (κ1) is 15.4. The molecule has 0 aliphatic carbocycles. The second kappa shape index (κ2) is 6.71. The molecule has 3 aromatic rings. The SMILES string of the molecule is CC(=O)c1c(F)cccc1NCc1csc(-c2ccccc2)n1. The van der Waals surface area contributed by atoms with E-state index in [2.05, 4.69) is 10.3 Å². The molecule has 0 amide bonds. The monoisotopic (exact) mass is 326 g/mol. The van der Waals surface area contributed by atoms with Crippen molar-refractivity contribution >= 4 is 22.8 Å². The maximum atomic E-state index is 13.8. The molecule has 1 heterocycles. The Morgan fingerprint density at radius 3 is 2.70 bits per heavy atom. The fourth-order valence-corrected chi connectivity index (χ4v) is 3.14. The Morgan fingerprint density at radius 2 is 1.96 bits per heavy atom. The molecule has 0 aliphatic rings. The highest BCUT2D eigenvalue weighted by atomic mass is 32.1. The summed E-state index contributed by atoms with van der Waals surface area (Å²) in [5.41, 5.74) is 2.50.